The Morgan fingerprint density at radius 3 is 2.77 bits per heavy atom. The first-order valence-corrected chi connectivity index (χ1v) is 5.20. The zero-order valence-electron chi connectivity index (χ0n) is 8.38. The lowest BCUT2D eigenvalue weighted by molar-refractivity contribution is -0.121. The molecule has 0 bridgehead atoms. The summed E-state index contributed by atoms with van der Waals surface area (Å²) in [4.78, 5) is 11.2. The van der Waals surface area contributed by atoms with E-state index < -0.39 is 0 Å². The van der Waals surface area contributed by atoms with Crippen LogP contribution in [-0.4, -0.2) is 18.5 Å². The van der Waals surface area contributed by atoms with Crippen LogP contribution in [0.5, 0.6) is 0 Å². The van der Waals surface area contributed by atoms with Crippen LogP contribution in [-0.2, 0) is 4.79 Å². The standard InChI is InChI=1S/C10H20N2O/c1-8(11)7-10(13)12-6-5-9-3-2-4-9/h8-9H,2-7,11H2,1H3,(H,12,13). The van der Waals surface area contributed by atoms with Crippen molar-refractivity contribution in [1.82, 2.24) is 5.32 Å². The second-order valence-corrected chi connectivity index (χ2v) is 4.12. The Hall–Kier alpha value is -0.570. The Labute approximate surface area is 80.1 Å². The predicted octanol–water partition coefficient (Wildman–Crippen LogP) is 1.03. The Morgan fingerprint density at radius 2 is 2.31 bits per heavy atom. The van der Waals surface area contributed by atoms with Gasteiger partial charge in [-0.2, -0.15) is 0 Å². The van der Waals surface area contributed by atoms with Crippen LogP contribution in [0.15, 0.2) is 0 Å². The molecular weight excluding hydrogens is 164 g/mol. The maximum atomic E-state index is 11.2. The third-order valence-electron chi connectivity index (χ3n) is 2.61. The molecule has 0 saturated heterocycles. The summed E-state index contributed by atoms with van der Waals surface area (Å²) in [5, 5.41) is 2.89. The van der Waals surface area contributed by atoms with Crippen molar-refractivity contribution in [3.05, 3.63) is 0 Å². The topological polar surface area (TPSA) is 55.1 Å². The van der Waals surface area contributed by atoms with E-state index in [0.717, 1.165) is 18.9 Å². The Balaban J connectivity index is 1.94. The van der Waals surface area contributed by atoms with Gasteiger partial charge in [0.05, 0.1) is 0 Å². The third-order valence-corrected chi connectivity index (χ3v) is 2.61. The van der Waals surface area contributed by atoms with E-state index >= 15 is 0 Å². The summed E-state index contributed by atoms with van der Waals surface area (Å²) in [6.45, 7) is 2.68. The van der Waals surface area contributed by atoms with Gasteiger partial charge >= 0.3 is 0 Å². The van der Waals surface area contributed by atoms with Gasteiger partial charge in [0.2, 0.25) is 5.91 Å². The average Bonchev–Trinajstić information content (AvgIpc) is 1.92. The van der Waals surface area contributed by atoms with Gasteiger partial charge in [-0.1, -0.05) is 19.3 Å². The number of hydrogen-bond donors (Lipinski definition) is 2. The number of hydrogen-bond acceptors (Lipinski definition) is 2. The highest BCUT2D eigenvalue weighted by Crippen LogP contribution is 2.28. The van der Waals surface area contributed by atoms with E-state index in [1.54, 1.807) is 0 Å². The lowest BCUT2D eigenvalue weighted by atomic mass is 9.83. The molecule has 0 aliphatic heterocycles. The summed E-state index contributed by atoms with van der Waals surface area (Å²) >= 11 is 0. The largest absolute Gasteiger partial charge is 0.356 e. The van der Waals surface area contributed by atoms with Crippen LogP contribution < -0.4 is 11.1 Å². The maximum absolute atomic E-state index is 11.2. The zero-order valence-corrected chi connectivity index (χ0v) is 8.38. The van der Waals surface area contributed by atoms with E-state index in [0.29, 0.717) is 6.42 Å². The summed E-state index contributed by atoms with van der Waals surface area (Å²) in [6, 6.07) is -0.0243. The van der Waals surface area contributed by atoms with Gasteiger partial charge < -0.3 is 11.1 Å². The van der Waals surface area contributed by atoms with Gasteiger partial charge in [-0.15, -0.1) is 0 Å². The summed E-state index contributed by atoms with van der Waals surface area (Å²) in [5.41, 5.74) is 5.50. The normalized spacial score (nSPS) is 19.2. The first kappa shape index (κ1) is 10.5. The predicted molar refractivity (Wildman–Crippen MR) is 53.2 cm³/mol. The summed E-state index contributed by atoms with van der Waals surface area (Å²) in [7, 11) is 0. The van der Waals surface area contributed by atoms with Crippen LogP contribution in [0.3, 0.4) is 0 Å². The highest BCUT2D eigenvalue weighted by molar-refractivity contribution is 5.76. The molecule has 3 nitrogen and oxygen atoms in total. The Morgan fingerprint density at radius 1 is 1.62 bits per heavy atom. The molecule has 1 fully saturated rings. The third kappa shape index (κ3) is 4.27. The minimum Gasteiger partial charge on any atom is -0.356 e. The average molecular weight is 184 g/mol. The van der Waals surface area contributed by atoms with Gasteiger partial charge in [0.15, 0.2) is 0 Å². The van der Waals surface area contributed by atoms with E-state index in [1.165, 1.54) is 19.3 Å². The molecule has 1 saturated carbocycles. The van der Waals surface area contributed by atoms with Crippen molar-refractivity contribution in [2.45, 2.75) is 45.1 Å². The van der Waals surface area contributed by atoms with Crippen LogP contribution in [0, 0.1) is 5.92 Å². The van der Waals surface area contributed by atoms with Gasteiger partial charge in [-0.05, 0) is 19.3 Å². The molecule has 3 heteroatoms. The van der Waals surface area contributed by atoms with Crippen LogP contribution in [0.25, 0.3) is 0 Å². The monoisotopic (exact) mass is 184 g/mol. The van der Waals surface area contributed by atoms with Crippen molar-refractivity contribution in [3.8, 4) is 0 Å². The number of amides is 1. The van der Waals surface area contributed by atoms with Gasteiger partial charge in [0, 0.05) is 19.0 Å². The Kier molecular flexibility index (Phi) is 4.22. The van der Waals surface area contributed by atoms with E-state index in [1.807, 2.05) is 6.92 Å². The van der Waals surface area contributed by atoms with Gasteiger partial charge in [-0.25, -0.2) is 0 Å². The molecule has 1 amide bonds. The van der Waals surface area contributed by atoms with E-state index in [2.05, 4.69) is 5.32 Å². The highest BCUT2D eigenvalue weighted by atomic mass is 16.1. The SMILES string of the molecule is CC(N)CC(=O)NCCC1CCC1. The summed E-state index contributed by atoms with van der Waals surface area (Å²) in [5.74, 6) is 0.963. The van der Waals surface area contributed by atoms with Crippen molar-refractivity contribution in [3.63, 3.8) is 0 Å². The molecule has 0 radical (unpaired) electrons. The lowest BCUT2D eigenvalue weighted by Gasteiger charge is -2.25. The van der Waals surface area contributed by atoms with Crippen LogP contribution >= 0.6 is 0 Å². The molecular formula is C10H20N2O. The second kappa shape index (κ2) is 5.22. The van der Waals surface area contributed by atoms with Crippen molar-refractivity contribution in [2.24, 2.45) is 11.7 Å². The Bertz CT molecular complexity index is 164. The molecule has 1 aliphatic carbocycles. The molecule has 76 valence electrons. The maximum Gasteiger partial charge on any atom is 0.221 e. The molecule has 0 aromatic rings. The molecule has 13 heavy (non-hydrogen) atoms. The van der Waals surface area contributed by atoms with Crippen LogP contribution in [0.1, 0.15) is 39.0 Å². The summed E-state index contributed by atoms with van der Waals surface area (Å²) in [6.07, 6.45) is 5.67. The lowest BCUT2D eigenvalue weighted by Crippen LogP contribution is -2.31. The number of nitrogens with two attached hydrogens (primary N) is 1. The fraction of sp³-hybridized carbons (Fsp3) is 0.900. The van der Waals surface area contributed by atoms with Crippen molar-refractivity contribution in [2.75, 3.05) is 6.54 Å². The number of rotatable bonds is 5. The molecule has 1 rings (SSSR count). The first-order chi connectivity index (χ1) is 6.18. The zero-order chi connectivity index (χ0) is 9.68. The smallest absolute Gasteiger partial charge is 0.221 e. The summed E-state index contributed by atoms with van der Waals surface area (Å²) < 4.78 is 0. The fourth-order valence-corrected chi connectivity index (χ4v) is 1.56. The van der Waals surface area contributed by atoms with Gasteiger partial charge in [0.1, 0.15) is 0 Å². The molecule has 1 aliphatic rings. The van der Waals surface area contributed by atoms with Gasteiger partial charge in [-0.3, -0.25) is 4.79 Å². The van der Waals surface area contributed by atoms with Crippen molar-refractivity contribution < 1.29 is 4.79 Å². The quantitative estimate of drug-likeness (QED) is 0.670. The molecule has 0 aromatic carbocycles. The minimum absolute atomic E-state index is 0.0243. The first-order valence-electron chi connectivity index (χ1n) is 5.20. The van der Waals surface area contributed by atoms with Gasteiger partial charge in [0.25, 0.3) is 0 Å². The van der Waals surface area contributed by atoms with Crippen molar-refractivity contribution in [1.29, 1.82) is 0 Å². The number of carbonyl (C=O) groups is 1. The molecule has 3 N–H and O–H groups in total. The highest BCUT2D eigenvalue weighted by Gasteiger charge is 2.16. The number of nitrogens with one attached hydrogen (secondary N) is 1. The molecule has 0 spiro atoms. The number of carbonyl (C=O) groups excluding carboxylic acids is 1. The van der Waals surface area contributed by atoms with Crippen LogP contribution in [0.4, 0.5) is 0 Å². The van der Waals surface area contributed by atoms with Crippen molar-refractivity contribution >= 4 is 5.91 Å². The molecule has 1 unspecified atom stereocenters. The van der Waals surface area contributed by atoms with E-state index in [4.69, 9.17) is 5.73 Å². The fourth-order valence-electron chi connectivity index (χ4n) is 1.56. The molecule has 0 aromatic heterocycles. The van der Waals surface area contributed by atoms with Crippen LogP contribution in [0.2, 0.25) is 0 Å². The second-order valence-electron chi connectivity index (χ2n) is 4.12. The minimum atomic E-state index is -0.0243. The molecule has 0 heterocycles. The van der Waals surface area contributed by atoms with E-state index in [9.17, 15) is 4.79 Å². The molecule has 1 atom stereocenters. The van der Waals surface area contributed by atoms with E-state index in [-0.39, 0.29) is 11.9 Å².